The molecular formula is C17H26N2O2. The van der Waals surface area contributed by atoms with E-state index >= 15 is 0 Å². The third kappa shape index (κ3) is 4.46. The monoisotopic (exact) mass is 290 g/mol. The Morgan fingerprint density at radius 2 is 2.14 bits per heavy atom. The van der Waals surface area contributed by atoms with Crippen molar-refractivity contribution in [2.75, 3.05) is 17.2 Å². The van der Waals surface area contributed by atoms with E-state index in [0.29, 0.717) is 18.1 Å². The first-order valence-corrected chi connectivity index (χ1v) is 7.72. The van der Waals surface area contributed by atoms with Crippen LogP contribution in [0.1, 0.15) is 39.2 Å². The van der Waals surface area contributed by atoms with E-state index in [4.69, 9.17) is 4.74 Å². The summed E-state index contributed by atoms with van der Waals surface area (Å²) in [5.74, 6) is 0.515. The van der Waals surface area contributed by atoms with Crippen molar-refractivity contribution in [2.24, 2.45) is 5.92 Å². The minimum Gasteiger partial charge on any atom is -0.382 e. The second-order valence-electron chi connectivity index (χ2n) is 6.23. The third-order valence-electron chi connectivity index (χ3n) is 3.97. The van der Waals surface area contributed by atoms with Crippen LogP contribution in [0, 0.1) is 12.8 Å². The number of hydrogen-bond donors (Lipinski definition) is 2. The molecule has 2 unspecified atom stereocenters. The molecule has 0 bridgehead atoms. The summed E-state index contributed by atoms with van der Waals surface area (Å²) in [7, 11) is 0. The molecule has 1 aromatic rings. The Morgan fingerprint density at radius 3 is 2.76 bits per heavy atom. The SMILES string of the molecule is CC(=O)Nc1ccc(NC2CCOC(C(C)C)C2)cc1C. The first kappa shape index (κ1) is 15.8. The molecule has 1 saturated heterocycles. The predicted octanol–water partition coefficient (Wildman–Crippen LogP) is 3.57. The molecule has 2 N–H and O–H groups in total. The van der Waals surface area contributed by atoms with Gasteiger partial charge in [0, 0.05) is 30.9 Å². The summed E-state index contributed by atoms with van der Waals surface area (Å²) in [4.78, 5) is 11.1. The summed E-state index contributed by atoms with van der Waals surface area (Å²) in [6.45, 7) is 8.78. The molecule has 1 aromatic carbocycles. The lowest BCUT2D eigenvalue weighted by molar-refractivity contribution is -0.114. The molecule has 2 atom stereocenters. The van der Waals surface area contributed by atoms with Crippen molar-refractivity contribution in [3.8, 4) is 0 Å². The van der Waals surface area contributed by atoms with E-state index in [-0.39, 0.29) is 5.91 Å². The second kappa shape index (κ2) is 6.94. The molecule has 4 heteroatoms. The van der Waals surface area contributed by atoms with E-state index in [9.17, 15) is 4.79 Å². The highest BCUT2D eigenvalue weighted by atomic mass is 16.5. The van der Waals surface area contributed by atoms with Gasteiger partial charge in [-0.2, -0.15) is 0 Å². The summed E-state index contributed by atoms with van der Waals surface area (Å²) in [5.41, 5.74) is 3.05. The first-order chi connectivity index (χ1) is 9.95. The second-order valence-corrected chi connectivity index (χ2v) is 6.23. The number of hydrogen-bond acceptors (Lipinski definition) is 3. The number of rotatable bonds is 4. The fraction of sp³-hybridized carbons (Fsp3) is 0.588. The van der Waals surface area contributed by atoms with Gasteiger partial charge in [-0.05, 0) is 49.4 Å². The Morgan fingerprint density at radius 1 is 1.38 bits per heavy atom. The highest BCUT2D eigenvalue weighted by Gasteiger charge is 2.24. The van der Waals surface area contributed by atoms with Gasteiger partial charge < -0.3 is 15.4 Å². The van der Waals surface area contributed by atoms with E-state index in [0.717, 1.165) is 36.4 Å². The van der Waals surface area contributed by atoms with E-state index in [1.54, 1.807) is 0 Å². The molecule has 2 rings (SSSR count). The van der Waals surface area contributed by atoms with Crippen LogP contribution >= 0.6 is 0 Å². The molecule has 21 heavy (non-hydrogen) atoms. The van der Waals surface area contributed by atoms with E-state index in [2.05, 4.69) is 30.5 Å². The number of amides is 1. The zero-order chi connectivity index (χ0) is 15.4. The molecule has 0 spiro atoms. The van der Waals surface area contributed by atoms with Crippen LogP contribution in [0.2, 0.25) is 0 Å². The van der Waals surface area contributed by atoms with Crippen molar-refractivity contribution in [1.82, 2.24) is 0 Å². The Balaban J connectivity index is 1.99. The molecule has 1 heterocycles. The fourth-order valence-corrected chi connectivity index (χ4v) is 2.74. The minimum absolute atomic E-state index is 0.0389. The first-order valence-electron chi connectivity index (χ1n) is 7.72. The zero-order valence-electron chi connectivity index (χ0n) is 13.4. The normalized spacial score (nSPS) is 22.1. The fourth-order valence-electron chi connectivity index (χ4n) is 2.74. The molecule has 4 nitrogen and oxygen atoms in total. The molecule has 0 aromatic heterocycles. The largest absolute Gasteiger partial charge is 0.382 e. The van der Waals surface area contributed by atoms with Crippen LogP contribution < -0.4 is 10.6 Å². The van der Waals surface area contributed by atoms with Gasteiger partial charge in [0.15, 0.2) is 0 Å². The van der Waals surface area contributed by atoms with Crippen molar-refractivity contribution in [3.63, 3.8) is 0 Å². The van der Waals surface area contributed by atoms with Crippen molar-refractivity contribution in [1.29, 1.82) is 0 Å². The van der Waals surface area contributed by atoms with Crippen LogP contribution in [0.15, 0.2) is 18.2 Å². The lowest BCUT2D eigenvalue weighted by Gasteiger charge is -2.33. The topological polar surface area (TPSA) is 50.4 Å². The van der Waals surface area contributed by atoms with Gasteiger partial charge in [-0.15, -0.1) is 0 Å². The summed E-state index contributed by atoms with van der Waals surface area (Å²) < 4.78 is 5.81. The molecule has 0 saturated carbocycles. The van der Waals surface area contributed by atoms with Crippen molar-refractivity contribution in [2.45, 2.75) is 52.7 Å². The van der Waals surface area contributed by atoms with Crippen molar-refractivity contribution >= 4 is 17.3 Å². The zero-order valence-corrected chi connectivity index (χ0v) is 13.4. The number of aryl methyl sites for hydroxylation is 1. The Bertz CT molecular complexity index is 500. The van der Waals surface area contributed by atoms with Gasteiger partial charge in [0.25, 0.3) is 0 Å². The molecule has 1 aliphatic heterocycles. The van der Waals surface area contributed by atoms with Gasteiger partial charge in [-0.25, -0.2) is 0 Å². The number of carbonyl (C=O) groups is 1. The summed E-state index contributed by atoms with van der Waals surface area (Å²) in [6.07, 6.45) is 2.43. The molecule has 116 valence electrons. The number of anilines is 2. The number of benzene rings is 1. The van der Waals surface area contributed by atoms with E-state index in [1.165, 1.54) is 6.92 Å². The summed E-state index contributed by atoms with van der Waals surface area (Å²) >= 11 is 0. The average Bonchev–Trinajstić information content (AvgIpc) is 2.42. The molecule has 0 radical (unpaired) electrons. The lowest BCUT2D eigenvalue weighted by Crippen LogP contribution is -2.36. The smallest absolute Gasteiger partial charge is 0.221 e. The lowest BCUT2D eigenvalue weighted by atomic mass is 9.95. The maximum atomic E-state index is 11.1. The quantitative estimate of drug-likeness (QED) is 0.891. The summed E-state index contributed by atoms with van der Waals surface area (Å²) in [5, 5.41) is 6.43. The predicted molar refractivity (Wildman–Crippen MR) is 86.7 cm³/mol. The molecule has 1 amide bonds. The Labute approximate surface area is 127 Å². The van der Waals surface area contributed by atoms with Crippen LogP contribution in [0.3, 0.4) is 0 Å². The molecule has 1 aliphatic rings. The van der Waals surface area contributed by atoms with Crippen LogP contribution in [0.25, 0.3) is 0 Å². The average molecular weight is 290 g/mol. The number of nitrogens with one attached hydrogen (secondary N) is 2. The molecule has 1 fully saturated rings. The maximum absolute atomic E-state index is 11.1. The van der Waals surface area contributed by atoms with Crippen LogP contribution in [-0.2, 0) is 9.53 Å². The van der Waals surface area contributed by atoms with Gasteiger partial charge in [0.05, 0.1) is 6.10 Å². The van der Waals surface area contributed by atoms with Gasteiger partial charge in [-0.3, -0.25) is 4.79 Å². The standard InChI is InChI=1S/C17H26N2O2/c1-11(2)17-10-15(7-8-21-17)19-14-5-6-16(12(3)9-14)18-13(4)20/h5-6,9,11,15,17,19H,7-8,10H2,1-4H3,(H,18,20). The van der Waals surface area contributed by atoms with Gasteiger partial charge in [-0.1, -0.05) is 13.8 Å². The third-order valence-corrected chi connectivity index (χ3v) is 3.97. The number of carbonyl (C=O) groups excluding carboxylic acids is 1. The van der Waals surface area contributed by atoms with Gasteiger partial charge in [0.1, 0.15) is 0 Å². The van der Waals surface area contributed by atoms with Crippen molar-refractivity contribution in [3.05, 3.63) is 23.8 Å². The van der Waals surface area contributed by atoms with E-state index in [1.807, 2.05) is 19.1 Å². The minimum atomic E-state index is -0.0389. The Hall–Kier alpha value is -1.55. The van der Waals surface area contributed by atoms with Gasteiger partial charge in [0.2, 0.25) is 5.91 Å². The highest BCUT2D eigenvalue weighted by molar-refractivity contribution is 5.89. The van der Waals surface area contributed by atoms with E-state index < -0.39 is 0 Å². The van der Waals surface area contributed by atoms with Crippen molar-refractivity contribution < 1.29 is 9.53 Å². The van der Waals surface area contributed by atoms with Crippen LogP contribution in [0.4, 0.5) is 11.4 Å². The van der Waals surface area contributed by atoms with Crippen LogP contribution in [0.5, 0.6) is 0 Å². The highest BCUT2D eigenvalue weighted by Crippen LogP contribution is 2.25. The van der Waals surface area contributed by atoms with Gasteiger partial charge >= 0.3 is 0 Å². The Kier molecular flexibility index (Phi) is 5.23. The summed E-state index contributed by atoms with van der Waals surface area (Å²) in [6, 6.07) is 6.53. The number of ether oxygens (including phenoxy) is 1. The maximum Gasteiger partial charge on any atom is 0.221 e. The molecule has 0 aliphatic carbocycles. The van der Waals surface area contributed by atoms with Crippen LogP contribution in [-0.4, -0.2) is 24.7 Å². The molecular weight excluding hydrogens is 264 g/mol.